The standard InChI is InChI=1S/C14H10N4/c1-9-10(2)14(12-5-3-4-6-17-12)18-13(8-16)11(9)7-15/h3-6H,1-2H3. The molecule has 0 aromatic carbocycles. The van der Waals surface area contributed by atoms with Crippen LogP contribution >= 0.6 is 0 Å². The van der Waals surface area contributed by atoms with Gasteiger partial charge < -0.3 is 0 Å². The molecular formula is C14H10N4. The van der Waals surface area contributed by atoms with E-state index in [1.54, 1.807) is 6.20 Å². The quantitative estimate of drug-likeness (QED) is 0.759. The lowest BCUT2D eigenvalue weighted by atomic mass is 10.00. The van der Waals surface area contributed by atoms with Crippen molar-refractivity contribution in [3.05, 3.63) is 46.8 Å². The first-order valence-corrected chi connectivity index (χ1v) is 5.41. The molecule has 0 aliphatic heterocycles. The highest BCUT2D eigenvalue weighted by molar-refractivity contribution is 5.65. The van der Waals surface area contributed by atoms with E-state index in [0.29, 0.717) is 17.0 Å². The summed E-state index contributed by atoms with van der Waals surface area (Å²) in [4.78, 5) is 8.47. The Balaban J connectivity index is 2.77. The van der Waals surface area contributed by atoms with Gasteiger partial charge in [-0.05, 0) is 37.1 Å². The predicted octanol–water partition coefficient (Wildman–Crippen LogP) is 2.50. The van der Waals surface area contributed by atoms with Crippen molar-refractivity contribution in [2.24, 2.45) is 0 Å². The van der Waals surface area contributed by atoms with Crippen LogP contribution in [0.3, 0.4) is 0 Å². The zero-order chi connectivity index (χ0) is 13.1. The van der Waals surface area contributed by atoms with E-state index in [1.807, 2.05) is 44.2 Å². The summed E-state index contributed by atoms with van der Waals surface area (Å²) in [7, 11) is 0. The molecule has 2 aromatic rings. The molecule has 0 N–H and O–H groups in total. The van der Waals surface area contributed by atoms with Crippen LogP contribution in [0.4, 0.5) is 0 Å². The molecule has 2 rings (SSSR count). The minimum absolute atomic E-state index is 0.154. The second kappa shape index (κ2) is 4.65. The fraction of sp³-hybridized carbons (Fsp3) is 0.143. The van der Waals surface area contributed by atoms with Gasteiger partial charge in [0.2, 0.25) is 0 Å². The number of rotatable bonds is 1. The van der Waals surface area contributed by atoms with E-state index in [-0.39, 0.29) is 5.69 Å². The van der Waals surface area contributed by atoms with Gasteiger partial charge in [-0.1, -0.05) is 6.07 Å². The van der Waals surface area contributed by atoms with Gasteiger partial charge in [0.25, 0.3) is 0 Å². The lowest BCUT2D eigenvalue weighted by Gasteiger charge is -2.09. The second-order valence-electron chi connectivity index (χ2n) is 3.87. The number of nitriles is 2. The number of aromatic nitrogens is 2. The van der Waals surface area contributed by atoms with Crippen LogP contribution < -0.4 is 0 Å². The third kappa shape index (κ3) is 1.81. The van der Waals surface area contributed by atoms with Crippen molar-refractivity contribution in [1.29, 1.82) is 10.5 Å². The predicted molar refractivity (Wildman–Crippen MR) is 66.4 cm³/mol. The molecule has 0 aliphatic carbocycles. The first-order valence-electron chi connectivity index (χ1n) is 5.41. The third-order valence-corrected chi connectivity index (χ3v) is 2.88. The molecule has 0 atom stereocenters. The average Bonchev–Trinajstić information content (AvgIpc) is 2.42. The Morgan fingerprint density at radius 1 is 1.06 bits per heavy atom. The molecule has 0 spiro atoms. The largest absolute Gasteiger partial charge is 0.255 e. The molecule has 0 bridgehead atoms. The van der Waals surface area contributed by atoms with E-state index in [9.17, 15) is 0 Å². The summed E-state index contributed by atoms with van der Waals surface area (Å²) in [6, 6.07) is 9.51. The first kappa shape index (κ1) is 11.8. The van der Waals surface area contributed by atoms with Crippen LogP contribution in [0.15, 0.2) is 24.4 Å². The molecule has 2 heterocycles. The molecule has 0 saturated heterocycles. The molecule has 4 nitrogen and oxygen atoms in total. The number of nitrogens with zero attached hydrogens (tertiary/aromatic N) is 4. The number of pyridine rings is 2. The molecular weight excluding hydrogens is 224 g/mol. The molecule has 4 heteroatoms. The lowest BCUT2D eigenvalue weighted by Crippen LogP contribution is -2.01. The Morgan fingerprint density at radius 2 is 1.83 bits per heavy atom. The molecule has 0 amide bonds. The Bertz CT molecular complexity index is 676. The van der Waals surface area contributed by atoms with Crippen molar-refractivity contribution in [2.45, 2.75) is 13.8 Å². The van der Waals surface area contributed by atoms with Crippen molar-refractivity contribution >= 4 is 0 Å². The van der Waals surface area contributed by atoms with Gasteiger partial charge >= 0.3 is 0 Å². The first-order chi connectivity index (χ1) is 8.69. The fourth-order valence-corrected chi connectivity index (χ4v) is 1.76. The second-order valence-corrected chi connectivity index (χ2v) is 3.87. The van der Waals surface area contributed by atoms with E-state index in [1.165, 1.54) is 0 Å². The fourth-order valence-electron chi connectivity index (χ4n) is 1.76. The van der Waals surface area contributed by atoms with Gasteiger partial charge in [-0.3, -0.25) is 4.98 Å². The minimum atomic E-state index is 0.154. The topological polar surface area (TPSA) is 73.4 Å². The van der Waals surface area contributed by atoms with E-state index in [4.69, 9.17) is 10.5 Å². The highest BCUT2D eigenvalue weighted by atomic mass is 14.8. The number of hydrogen-bond donors (Lipinski definition) is 0. The minimum Gasteiger partial charge on any atom is -0.255 e. The summed E-state index contributed by atoms with van der Waals surface area (Å²) >= 11 is 0. The Labute approximate surface area is 105 Å². The van der Waals surface area contributed by atoms with Gasteiger partial charge in [-0.25, -0.2) is 4.98 Å². The van der Waals surface area contributed by atoms with Crippen molar-refractivity contribution in [3.8, 4) is 23.5 Å². The molecule has 0 aliphatic rings. The van der Waals surface area contributed by atoms with E-state index in [2.05, 4.69) is 9.97 Å². The maximum atomic E-state index is 9.06. The maximum Gasteiger partial charge on any atom is 0.159 e. The van der Waals surface area contributed by atoms with Crippen molar-refractivity contribution in [1.82, 2.24) is 9.97 Å². The van der Waals surface area contributed by atoms with Crippen LogP contribution in [0, 0.1) is 36.5 Å². The summed E-state index contributed by atoms with van der Waals surface area (Å²) < 4.78 is 0. The molecule has 0 unspecified atom stereocenters. The summed E-state index contributed by atoms with van der Waals surface area (Å²) in [5.74, 6) is 0. The van der Waals surface area contributed by atoms with Gasteiger partial charge in [-0.2, -0.15) is 10.5 Å². The smallest absolute Gasteiger partial charge is 0.159 e. The Kier molecular flexibility index (Phi) is 3.03. The highest BCUT2D eigenvalue weighted by Gasteiger charge is 2.15. The van der Waals surface area contributed by atoms with Gasteiger partial charge in [-0.15, -0.1) is 0 Å². The van der Waals surface area contributed by atoms with Crippen LogP contribution in [-0.2, 0) is 0 Å². The highest BCUT2D eigenvalue weighted by Crippen LogP contribution is 2.25. The van der Waals surface area contributed by atoms with Crippen molar-refractivity contribution < 1.29 is 0 Å². The molecule has 18 heavy (non-hydrogen) atoms. The zero-order valence-electron chi connectivity index (χ0n) is 10.1. The molecule has 0 saturated carbocycles. The Hall–Kier alpha value is -2.72. The zero-order valence-corrected chi connectivity index (χ0v) is 10.1. The summed E-state index contributed by atoms with van der Waals surface area (Å²) in [5.41, 5.74) is 3.52. The van der Waals surface area contributed by atoms with Crippen LogP contribution in [-0.4, -0.2) is 9.97 Å². The summed E-state index contributed by atoms with van der Waals surface area (Å²) in [6.07, 6.45) is 1.68. The maximum absolute atomic E-state index is 9.06. The van der Waals surface area contributed by atoms with Gasteiger partial charge in [0.05, 0.1) is 17.0 Å². The molecule has 2 aromatic heterocycles. The molecule has 0 radical (unpaired) electrons. The van der Waals surface area contributed by atoms with Crippen molar-refractivity contribution in [3.63, 3.8) is 0 Å². The summed E-state index contributed by atoms with van der Waals surface area (Å²) in [5, 5.41) is 18.1. The van der Waals surface area contributed by atoms with Gasteiger partial charge in [0.15, 0.2) is 5.69 Å². The number of hydrogen-bond acceptors (Lipinski definition) is 4. The molecule has 86 valence electrons. The van der Waals surface area contributed by atoms with E-state index in [0.717, 1.165) is 11.1 Å². The van der Waals surface area contributed by atoms with Crippen LogP contribution in [0.2, 0.25) is 0 Å². The monoisotopic (exact) mass is 234 g/mol. The lowest BCUT2D eigenvalue weighted by molar-refractivity contribution is 1.14. The van der Waals surface area contributed by atoms with Crippen LogP contribution in [0.1, 0.15) is 22.4 Å². The SMILES string of the molecule is Cc1c(-c2ccccn2)nc(C#N)c(C#N)c1C. The van der Waals surface area contributed by atoms with E-state index >= 15 is 0 Å². The van der Waals surface area contributed by atoms with Crippen molar-refractivity contribution in [2.75, 3.05) is 0 Å². The van der Waals surface area contributed by atoms with Gasteiger partial charge in [0.1, 0.15) is 12.1 Å². The van der Waals surface area contributed by atoms with Crippen LogP contribution in [0.5, 0.6) is 0 Å². The van der Waals surface area contributed by atoms with Gasteiger partial charge in [0, 0.05) is 6.20 Å². The van der Waals surface area contributed by atoms with E-state index < -0.39 is 0 Å². The Morgan fingerprint density at radius 3 is 2.39 bits per heavy atom. The molecule has 0 fully saturated rings. The van der Waals surface area contributed by atoms with Crippen LogP contribution in [0.25, 0.3) is 11.4 Å². The normalized spacial score (nSPS) is 9.56. The third-order valence-electron chi connectivity index (χ3n) is 2.88. The summed E-state index contributed by atoms with van der Waals surface area (Å²) in [6.45, 7) is 3.71. The average molecular weight is 234 g/mol.